The normalized spacial score (nSPS) is 14.3. The average Bonchev–Trinajstić information content (AvgIpc) is 3.08. The topological polar surface area (TPSA) is 111 Å². The molecule has 1 fully saturated rings. The predicted molar refractivity (Wildman–Crippen MR) is 147 cm³/mol. The van der Waals surface area contributed by atoms with Gasteiger partial charge in [-0.25, -0.2) is 0 Å². The number of esters is 1. The van der Waals surface area contributed by atoms with Crippen molar-refractivity contribution in [2.24, 2.45) is 0 Å². The van der Waals surface area contributed by atoms with E-state index in [1.165, 1.54) is 12.1 Å². The second-order valence-electron chi connectivity index (χ2n) is 8.37. The second kappa shape index (κ2) is 13.0. The van der Waals surface area contributed by atoms with Gasteiger partial charge in [-0.15, -0.1) is 0 Å². The number of halogens is 2. The van der Waals surface area contributed by atoms with Gasteiger partial charge in [-0.1, -0.05) is 29.3 Å². The van der Waals surface area contributed by atoms with Gasteiger partial charge >= 0.3 is 5.97 Å². The van der Waals surface area contributed by atoms with Crippen LogP contribution >= 0.6 is 35.0 Å². The molecular weight excluding hydrogens is 555 g/mol. The summed E-state index contributed by atoms with van der Waals surface area (Å²) in [6, 6.07) is 8.23. The zero-order valence-electron chi connectivity index (χ0n) is 21.1. The van der Waals surface area contributed by atoms with Crippen molar-refractivity contribution in [3.05, 3.63) is 56.4 Å². The van der Waals surface area contributed by atoms with Crippen molar-refractivity contribution < 1.29 is 33.4 Å². The van der Waals surface area contributed by atoms with Gasteiger partial charge in [0, 0.05) is 10.7 Å². The highest BCUT2D eigenvalue weighted by Gasteiger charge is 2.37. The molecular formula is C26H26Cl2N2O7S. The Balaban J connectivity index is 1.74. The molecule has 1 heterocycles. The molecule has 0 aliphatic carbocycles. The maximum atomic E-state index is 12.7. The maximum Gasteiger partial charge on any atom is 0.326 e. The Morgan fingerprint density at radius 2 is 1.84 bits per heavy atom. The van der Waals surface area contributed by atoms with E-state index < -0.39 is 29.6 Å². The standard InChI is InChI=1S/C26H26Cl2N2O7S/c1-5-35-20-9-16(10-21-25(33)30(26(34)38-21)12-23(32)37-14(2)3)8-19(28)24(20)36-13-22(31)29-17-7-6-15(4)18(27)11-17/h6-11,14H,5,12-13H2,1-4H3,(H,29,31)/b21-10-. The fourth-order valence-corrected chi connectivity index (χ4v) is 4.59. The predicted octanol–water partition coefficient (Wildman–Crippen LogP) is 5.71. The van der Waals surface area contributed by atoms with Crippen LogP contribution in [0.15, 0.2) is 35.2 Å². The summed E-state index contributed by atoms with van der Waals surface area (Å²) in [4.78, 5) is 50.3. The van der Waals surface area contributed by atoms with Gasteiger partial charge in [0.05, 0.1) is 22.6 Å². The molecule has 2 aromatic carbocycles. The van der Waals surface area contributed by atoms with Crippen LogP contribution in [0.3, 0.4) is 0 Å². The monoisotopic (exact) mass is 580 g/mol. The molecule has 0 saturated carbocycles. The Morgan fingerprint density at radius 3 is 2.50 bits per heavy atom. The van der Waals surface area contributed by atoms with E-state index in [0.717, 1.165) is 10.5 Å². The van der Waals surface area contributed by atoms with Gasteiger partial charge in [-0.2, -0.15) is 0 Å². The van der Waals surface area contributed by atoms with E-state index in [9.17, 15) is 19.2 Å². The molecule has 0 spiro atoms. The lowest BCUT2D eigenvalue weighted by atomic mass is 10.1. The summed E-state index contributed by atoms with van der Waals surface area (Å²) in [6.07, 6.45) is 1.09. The first-order chi connectivity index (χ1) is 18.0. The summed E-state index contributed by atoms with van der Waals surface area (Å²) in [5, 5.41) is 2.77. The molecule has 0 unspecified atom stereocenters. The first-order valence-electron chi connectivity index (χ1n) is 11.6. The molecule has 202 valence electrons. The van der Waals surface area contributed by atoms with Crippen molar-refractivity contribution >= 4 is 69.8 Å². The Kier molecular flexibility index (Phi) is 10.1. The van der Waals surface area contributed by atoms with Crippen molar-refractivity contribution in [3.63, 3.8) is 0 Å². The van der Waals surface area contributed by atoms with E-state index in [4.69, 9.17) is 37.4 Å². The molecule has 0 radical (unpaired) electrons. The number of amides is 3. The van der Waals surface area contributed by atoms with Crippen LogP contribution in [0, 0.1) is 6.92 Å². The minimum Gasteiger partial charge on any atom is -0.490 e. The Bertz CT molecular complexity index is 1300. The largest absolute Gasteiger partial charge is 0.490 e. The molecule has 3 amide bonds. The lowest BCUT2D eigenvalue weighted by Crippen LogP contribution is -2.35. The molecule has 38 heavy (non-hydrogen) atoms. The maximum absolute atomic E-state index is 12.7. The summed E-state index contributed by atoms with van der Waals surface area (Å²) in [5.41, 5.74) is 1.86. The molecule has 1 saturated heterocycles. The quantitative estimate of drug-likeness (QED) is 0.281. The number of hydrogen-bond donors (Lipinski definition) is 1. The number of aryl methyl sites for hydroxylation is 1. The summed E-state index contributed by atoms with van der Waals surface area (Å²) >= 11 is 13.2. The van der Waals surface area contributed by atoms with Crippen molar-refractivity contribution in [1.29, 1.82) is 0 Å². The Morgan fingerprint density at radius 1 is 1.11 bits per heavy atom. The summed E-state index contributed by atoms with van der Waals surface area (Å²) < 4.78 is 16.3. The van der Waals surface area contributed by atoms with E-state index in [0.29, 0.717) is 28.0 Å². The number of nitrogens with one attached hydrogen (secondary N) is 1. The van der Waals surface area contributed by atoms with E-state index >= 15 is 0 Å². The minimum atomic E-state index is -0.679. The van der Waals surface area contributed by atoms with Crippen LogP contribution in [0.4, 0.5) is 10.5 Å². The number of ether oxygens (including phenoxy) is 3. The highest BCUT2D eigenvalue weighted by molar-refractivity contribution is 8.18. The molecule has 3 rings (SSSR count). The lowest BCUT2D eigenvalue weighted by molar-refractivity contribution is -0.149. The van der Waals surface area contributed by atoms with Gasteiger partial charge in [0.25, 0.3) is 17.1 Å². The molecule has 9 nitrogen and oxygen atoms in total. The first-order valence-corrected chi connectivity index (χ1v) is 13.2. The van der Waals surface area contributed by atoms with Crippen LogP contribution in [-0.2, 0) is 19.1 Å². The van der Waals surface area contributed by atoms with E-state index in [2.05, 4.69) is 5.32 Å². The van der Waals surface area contributed by atoms with Gasteiger partial charge in [0.1, 0.15) is 6.54 Å². The molecule has 1 aliphatic rings. The van der Waals surface area contributed by atoms with E-state index in [1.54, 1.807) is 45.0 Å². The van der Waals surface area contributed by atoms with Crippen molar-refractivity contribution in [3.8, 4) is 11.5 Å². The van der Waals surface area contributed by atoms with Crippen molar-refractivity contribution in [1.82, 2.24) is 4.90 Å². The zero-order chi connectivity index (χ0) is 28.0. The third kappa shape index (κ3) is 7.66. The van der Waals surface area contributed by atoms with Crippen molar-refractivity contribution in [2.75, 3.05) is 25.1 Å². The fraction of sp³-hybridized carbons (Fsp3) is 0.308. The number of anilines is 1. The number of carbonyl (C=O) groups excluding carboxylic acids is 4. The number of imide groups is 1. The zero-order valence-corrected chi connectivity index (χ0v) is 23.5. The highest BCUT2D eigenvalue weighted by Crippen LogP contribution is 2.39. The third-order valence-corrected chi connectivity index (χ3v) is 6.56. The number of carbonyl (C=O) groups is 4. The molecule has 0 atom stereocenters. The molecule has 1 aliphatic heterocycles. The highest BCUT2D eigenvalue weighted by atomic mass is 35.5. The smallest absolute Gasteiger partial charge is 0.326 e. The molecule has 0 aromatic heterocycles. The van der Waals surface area contributed by atoms with Gasteiger partial charge < -0.3 is 19.5 Å². The van der Waals surface area contributed by atoms with Crippen LogP contribution in [0.25, 0.3) is 6.08 Å². The number of nitrogens with zero attached hydrogens (tertiary/aromatic N) is 1. The Labute approximate surface area is 234 Å². The summed E-state index contributed by atoms with van der Waals surface area (Å²) in [7, 11) is 0. The number of benzene rings is 2. The van der Waals surface area contributed by atoms with Crippen LogP contribution < -0.4 is 14.8 Å². The number of rotatable bonds is 10. The lowest BCUT2D eigenvalue weighted by Gasteiger charge is -2.15. The first kappa shape index (κ1) is 29.3. The number of thioether (sulfide) groups is 1. The van der Waals surface area contributed by atoms with Crippen LogP contribution in [0.1, 0.15) is 31.9 Å². The number of hydrogen-bond acceptors (Lipinski definition) is 8. The van der Waals surface area contributed by atoms with Crippen LogP contribution in [0.5, 0.6) is 11.5 Å². The summed E-state index contributed by atoms with van der Waals surface area (Å²) in [5.74, 6) is -1.34. The second-order valence-corrected chi connectivity index (χ2v) is 10.2. The average molecular weight is 581 g/mol. The SMILES string of the molecule is CCOc1cc(/C=C2\SC(=O)N(CC(=O)OC(C)C)C2=O)cc(Cl)c1OCC(=O)Nc1ccc(C)c(Cl)c1. The van der Waals surface area contributed by atoms with Crippen molar-refractivity contribution in [2.45, 2.75) is 33.8 Å². The fourth-order valence-electron chi connectivity index (χ4n) is 3.30. The molecule has 1 N–H and O–H groups in total. The minimum absolute atomic E-state index is 0.107. The summed E-state index contributed by atoms with van der Waals surface area (Å²) in [6.45, 7) is 6.41. The van der Waals surface area contributed by atoms with Crippen LogP contribution in [0.2, 0.25) is 10.0 Å². The van der Waals surface area contributed by atoms with Gasteiger partial charge in [-0.3, -0.25) is 24.1 Å². The van der Waals surface area contributed by atoms with Crippen LogP contribution in [-0.4, -0.2) is 53.8 Å². The molecule has 0 bridgehead atoms. The third-order valence-electron chi connectivity index (χ3n) is 4.96. The van der Waals surface area contributed by atoms with Gasteiger partial charge in [-0.05, 0) is 80.9 Å². The molecule has 12 heteroatoms. The van der Waals surface area contributed by atoms with Gasteiger partial charge in [0.2, 0.25) is 0 Å². The Hall–Kier alpha value is -3.21. The molecule has 2 aromatic rings. The van der Waals surface area contributed by atoms with Gasteiger partial charge in [0.15, 0.2) is 18.1 Å². The van der Waals surface area contributed by atoms with E-state index in [-0.39, 0.29) is 40.7 Å². The van der Waals surface area contributed by atoms with E-state index in [1.807, 2.05) is 6.92 Å².